The number of nitrogens with zero attached hydrogens (tertiary/aromatic N) is 1. The van der Waals surface area contributed by atoms with Crippen molar-refractivity contribution >= 4 is 33.1 Å². The van der Waals surface area contributed by atoms with Gasteiger partial charge in [0.2, 0.25) is 5.91 Å². The highest BCUT2D eigenvalue weighted by molar-refractivity contribution is 7.16. The van der Waals surface area contributed by atoms with Gasteiger partial charge < -0.3 is 10.6 Å². The summed E-state index contributed by atoms with van der Waals surface area (Å²) in [5.74, 6) is 0.00408. The number of anilines is 1. The number of amides is 1. The molecule has 1 aromatic carbocycles. The lowest BCUT2D eigenvalue weighted by Gasteiger charge is -2.09. The zero-order valence-corrected chi connectivity index (χ0v) is 10.7. The van der Waals surface area contributed by atoms with Crippen molar-refractivity contribution in [3.63, 3.8) is 0 Å². The number of rotatable bonds is 4. The smallest absolute Gasteiger partial charge is 0.239 e. The molecule has 5 heteroatoms. The van der Waals surface area contributed by atoms with Crippen molar-refractivity contribution in [2.24, 2.45) is 0 Å². The Bertz CT molecular complexity index is 521. The summed E-state index contributed by atoms with van der Waals surface area (Å²) in [4.78, 5) is 15.7. The third kappa shape index (κ3) is 3.17. The quantitative estimate of drug-likeness (QED) is 0.873. The van der Waals surface area contributed by atoms with E-state index < -0.39 is 0 Å². The second-order valence-electron chi connectivity index (χ2n) is 4.11. The van der Waals surface area contributed by atoms with E-state index in [0.29, 0.717) is 6.54 Å². The van der Waals surface area contributed by atoms with Crippen molar-refractivity contribution in [2.75, 3.05) is 11.9 Å². The number of thiazole rings is 1. The van der Waals surface area contributed by atoms with Gasteiger partial charge in [0, 0.05) is 11.7 Å². The molecule has 0 unspecified atom stereocenters. The van der Waals surface area contributed by atoms with Crippen LogP contribution in [-0.4, -0.2) is 23.5 Å². The number of aromatic nitrogens is 1. The van der Waals surface area contributed by atoms with E-state index in [4.69, 9.17) is 0 Å². The Morgan fingerprint density at radius 2 is 2.29 bits per heavy atom. The maximum atomic E-state index is 11.5. The average Bonchev–Trinajstić information content (AvgIpc) is 2.72. The molecule has 2 rings (SSSR count). The third-order valence-corrected chi connectivity index (χ3v) is 3.03. The van der Waals surface area contributed by atoms with Crippen LogP contribution in [0, 0.1) is 0 Å². The standard InChI is InChI=1S/C12H15N3OS/c1-8(2)15-12(16)6-13-9-3-4-10-11(5-9)17-7-14-10/h3-5,7-8,13H,6H2,1-2H3,(H,15,16). The molecular weight excluding hydrogens is 234 g/mol. The highest BCUT2D eigenvalue weighted by Crippen LogP contribution is 2.21. The van der Waals surface area contributed by atoms with E-state index in [1.165, 1.54) is 0 Å². The predicted octanol–water partition coefficient (Wildman–Crippen LogP) is 2.23. The van der Waals surface area contributed by atoms with E-state index in [-0.39, 0.29) is 11.9 Å². The normalized spacial score (nSPS) is 10.8. The van der Waals surface area contributed by atoms with Crippen LogP contribution in [0.3, 0.4) is 0 Å². The Labute approximate surface area is 104 Å². The number of nitrogens with one attached hydrogen (secondary N) is 2. The minimum Gasteiger partial charge on any atom is -0.376 e. The van der Waals surface area contributed by atoms with Gasteiger partial charge in [0.25, 0.3) is 0 Å². The minimum atomic E-state index is 0.00408. The molecule has 0 radical (unpaired) electrons. The monoisotopic (exact) mass is 249 g/mol. The van der Waals surface area contributed by atoms with Gasteiger partial charge in [-0.2, -0.15) is 0 Å². The predicted molar refractivity (Wildman–Crippen MR) is 71.4 cm³/mol. The molecule has 0 fully saturated rings. The molecule has 1 heterocycles. The number of fused-ring (bicyclic) bond motifs is 1. The molecule has 0 saturated heterocycles. The molecule has 0 atom stereocenters. The van der Waals surface area contributed by atoms with E-state index >= 15 is 0 Å². The fraction of sp³-hybridized carbons (Fsp3) is 0.333. The largest absolute Gasteiger partial charge is 0.376 e. The van der Waals surface area contributed by atoms with Crippen LogP contribution in [0.4, 0.5) is 5.69 Å². The SMILES string of the molecule is CC(C)NC(=O)CNc1ccc2ncsc2c1. The lowest BCUT2D eigenvalue weighted by atomic mass is 10.3. The first kappa shape index (κ1) is 11.9. The van der Waals surface area contributed by atoms with Gasteiger partial charge in [-0.15, -0.1) is 11.3 Å². The average molecular weight is 249 g/mol. The summed E-state index contributed by atoms with van der Waals surface area (Å²) < 4.78 is 1.12. The van der Waals surface area contributed by atoms with E-state index in [2.05, 4.69) is 15.6 Å². The van der Waals surface area contributed by atoms with Crippen LogP contribution >= 0.6 is 11.3 Å². The summed E-state index contributed by atoms with van der Waals surface area (Å²) in [6.07, 6.45) is 0. The van der Waals surface area contributed by atoms with Crippen LogP contribution in [0.15, 0.2) is 23.7 Å². The zero-order valence-electron chi connectivity index (χ0n) is 9.86. The number of hydrogen-bond donors (Lipinski definition) is 2. The van der Waals surface area contributed by atoms with Gasteiger partial charge in [0.05, 0.1) is 22.3 Å². The van der Waals surface area contributed by atoms with E-state index in [9.17, 15) is 4.79 Å². The first-order chi connectivity index (χ1) is 8.15. The maximum Gasteiger partial charge on any atom is 0.239 e. The van der Waals surface area contributed by atoms with Crippen molar-refractivity contribution in [3.05, 3.63) is 23.7 Å². The Balaban J connectivity index is 1.96. The summed E-state index contributed by atoms with van der Waals surface area (Å²) >= 11 is 1.59. The molecule has 2 N–H and O–H groups in total. The molecule has 1 aromatic heterocycles. The molecule has 0 aliphatic heterocycles. The highest BCUT2D eigenvalue weighted by atomic mass is 32.1. The van der Waals surface area contributed by atoms with E-state index in [1.807, 2.05) is 37.6 Å². The van der Waals surface area contributed by atoms with Crippen LogP contribution in [0.1, 0.15) is 13.8 Å². The van der Waals surface area contributed by atoms with Crippen LogP contribution in [0.5, 0.6) is 0 Å². The molecule has 0 saturated carbocycles. The van der Waals surface area contributed by atoms with Crippen LogP contribution < -0.4 is 10.6 Å². The van der Waals surface area contributed by atoms with E-state index in [0.717, 1.165) is 15.9 Å². The summed E-state index contributed by atoms with van der Waals surface area (Å²) in [5.41, 5.74) is 3.76. The topological polar surface area (TPSA) is 54.0 Å². The van der Waals surface area contributed by atoms with Crippen molar-refractivity contribution in [1.82, 2.24) is 10.3 Å². The molecule has 17 heavy (non-hydrogen) atoms. The highest BCUT2D eigenvalue weighted by Gasteiger charge is 2.03. The second kappa shape index (κ2) is 5.14. The first-order valence-electron chi connectivity index (χ1n) is 5.51. The van der Waals surface area contributed by atoms with E-state index in [1.54, 1.807) is 11.3 Å². The van der Waals surface area contributed by atoms with Crippen molar-refractivity contribution in [1.29, 1.82) is 0 Å². The first-order valence-corrected chi connectivity index (χ1v) is 6.39. The molecule has 4 nitrogen and oxygen atoms in total. The number of carbonyl (C=O) groups is 1. The number of hydrogen-bond acceptors (Lipinski definition) is 4. The molecule has 90 valence electrons. The van der Waals surface area contributed by atoms with Gasteiger partial charge in [-0.25, -0.2) is 4.98 Å². The summed E-state index contributed by atoms with van der Waals surface area (Å²) in [7, 11) is 0. The van der Waals surface area contributed by atoms with Crippen LogP contribution in [-0.2, 0) is 4.79 Å². The molecular formula is C12H15N3OS. The summed E-state index contributed by atoms with van der Waals surface area (Å²) in [6, 6.07) is 6.07. The fourth-order valence-electron chi connectivity index (χ4n) is 1.52. The van der Waals surface area contributed by atoms with Crippen LogP contribution in [0.25, 0.3) is 10.2 Å². The van der Waals surface area contributed by atoms with Crippen LogP contribution in [0.2, 0.25) is 0 Å². The summed E-state index contributed by atoms with van der Waals surface area (Å²) in [5, 5.41) is 5.93. The zero-order chi connectivity index (χ0) is 12.3. The van der Waals surface area contributed by atoms with Crippen molar-refractivity contribution in [3.8, 4) is 0 Å². The molecule has 0 spiro atoms. The molecule has 0 aliphatic carbocycles. The Hall–Kier alpha value is -1.62. The number of carbonyl (C=O) groups excluding carboxylic acids is 1. The Morgan fingerprint density at radius 1 is 1.47 bits per heavy atom. The molecule has 2 aromatic rings. The van der Waals surface area contributed by atoms with Gasteiger partial charge in [-0.3, -0.25) is 4.79 Å². The Morgan fingerprint density at radius 3 is 3.06 bits per heavy atom. The third-order valence-electron chi connectivity index (χ3n) is 2.23. The van der Waals surface area contributed by atoms with Crippen molar-refractivity contribution < 1.29 is 4.79 Å². The lowest BCUT2D eigenvalue weighted by molar-refractivity contribution is -0.119. The lowest BCUT2D eigenvalue weighted by Crippen LogP contribution is -2.34. The van der Waals surface area contributed by atoms with Gasteiger partial charge >= 0.3 is 0 Å². The van der Waals surface area contributed by atoms with Gasteiger partial charge in [-0.1, -0.05) is 0 Å². The molecule has 0 bridgehead atoms. The molecule has 0 aliphatic rings. The minimum absolute atomic E-state index is 0.00408. The Kier molecular flexibility index (Phi) is 3.58. The number of benzene rings is 1. The maximum absolute atomic E-state index is 11.5. The van der Waals surface area contributed by atoms with Crippen molar-refractivity contribution in [2.45, 2.75) is 19.9 Å². The van der Waals surface area contributed by atoms with Gasteiger partial charge in [0.1, 0.15) is 0 Å². The van der Waals surface area contributed by atoms with Gasteiger partial charge in [0.15, 0.2) is 0 Å². The fourth-order valence-corrected chi connectivity index (χ4v) is 2.24. The molecule has 1 amide bonds. The summed E-state index contributed by atoms with van der Waals surface area (Å²) in [6.45, 7) is 4.19. The van der Waals surface area contributed by atoms with Gasteiger partial charge in [-0.05, 0) is 32.0 Å². The second-order valence-corrected chi connectivity index (χ2v) is 5.00.